The lowest BCUT2D eigenvalue weighted by Crippen LogP contribution is -2.38. The first-order valence-corrected chi connectivity index (χ1v) is 6.27. The van der Waals surface area contributed by atoms with Crippen LogP contribution in [0.3, 0.4) is 0 Å². The van der Waals surface area contributed by atoms with Crippen LogP contribution >= 0.6 is 0 Å². The Labute approximate surface area is 108 Å². The normalized spacial score (nSPS) is 14.1. The first-order chi connectivity index (χ1) is 8.75. The Bertz CT molecular complexity index is 410. The second kappa shape index (κ2) is 6.34. The van der Waals surface area contributed by atoms with E-state index in [1.165, 1.54) is 0 Å². The molecule has 2 rings (SSSR count). The minimum Gasteiger partial charge on any atom is -0.391 e. The molecule has 2 atom stereocenters. The zero-order chi connectivity index (χ0) is 12.8. The molecular formula is C16H19NO. The third kappa shape index (κ3) is 3.69. The van der Waals surface area contributed by atoms with Crippen molar-refractivity contribution >= 4 is 0 Å². The van der Waals surface area contributed by atoms with E-state index in [9.17, 15) is 5.11 Å². The Hall–Kier alpha value is -1.64. The number of benzene rings is 2. The molecule has 2 heteroatoms. The highest BCUT2D eigenvalue weighted by atomic mass is 16.3. The Morgan fingerprint density at radius 1 is 0.778 bits per heavy atom. The number of aliphatic hydroxyl groups excluding tert-OH is 1. The first-order valence-electron chi connectivity index (χ1n) is 6.27. The van der Waals surface area contributed by atoms with Crippen LogP contribution in [0.4, 0.5) is 0 Å². The predicted molar refractivity (Wildman–Crippen MR) is 74.3 cm³/mol. The lowest BCUT2D eigenvalue weighted by Gasteiger charge is -2.19. The van der Waals surface area contributed by atoms with Crippen molar-refractivity contribution in [1.82, 2.24) is 0 Å². The summed E-state index contributed by atoms with van der Waals surface area (Å²) in [6.07, 6.45) is 0.802. The molecule has 0 fully saturated rings. The smallest absolute Gasteiger partial charge is 0.0734 e. The zero-order valence-electron chi connectivity index (χ0n) is 10.4. The molecule has 0 aliphatic heterocycles. The maximum absolute atomic E-state index is 10.1. The molecule has 0 amide bonds. The van der Waals surface area contributed by atoms with Gasteiger partial charge in [-0.05, 0) is 24.0 Å². The second-order valence-corrected chi connectivity index (χ2v) is 4.61. The molecule has 2 aromatic carbocycles. The maximum atomic E-state index is 10.1. The summed E-state index contributed by atoms with van der Waals surface area (Å²) in [5, 5.41) is 10.1. The molecule has 0 spiro atoms. The molecule has 0 bridgehead atoms. The zero-order valence-corrected chi connectivity index (χ0v) is 10.4. The van der Waals surface area contributed by atoms with E-state index in [1.54, 1.807) is 0 Å². The Morgan fingerprint density at radius 2 is 1.22 bits per heavy atom. The monoisotopic (exact) mass is 241 g/mol. The van der Waals surface area contributed by atoms with E-state index in [0.717, 1.165) is 11.1 Å². The molecular weight excluding hydrogens is 222 g/mol. The fraction of sp³-hybridized carbons (Fsp3) is 0.250. The van der Waals surface area contributed by atoms with E-state index in [1.807, 2.05) is 60.7 Å². The van der Waals surface area contributed by atoms with Crippen LogP contribution < -0.4 is 5.73 Å². The van der Waals surface area contributed by atoms with Gasteiger partial charge in [0.25, 0.3) is 0 Å². The van der Waals surface area contributed by atoms with Gasteiger partial charge in [-0.1, -0.05) is 60.7 Å². The Morgan fingerprint density at radius 3 is 1.72 bits per heavy atom. The van der Waals surface area contributed by atoms with Crippen molar-refractivity contribution in [1.29, 1.82) is 0 Å². The van der Waals surface area contributed by atoms with Crippen molar-refractivity contribution in [3.8, 4) is 0 Å². The minimum absolute atomic E-state index is 0.229. The average Bonchev–Trinajstić information content (AvgIpc) is 2.41. The molecule has 94 valence electrons. The summed E-state index contributed by atoms with van der Waals surface area (Å²) in [6, 6.07) is 19.8. The summed E-state index contributed by atoms with van der Waals surface area (Å²) in [5.74, 6) is 0. The Kier molecular flexibility index (Phi) is 4.51. The number of hydrogen-bond acceptors (Lipinski definition) is 2. The predicted octanol–water partition coefficient (Wildman–Crippen LogP) is 2.16. The molecule has 0 aliphatic rings. The summed E-state index contributed by atoms with van der Waals surface area (Å²) in [6.45, 7) is 0. The van der Waals surface area contributed by atoms with Crippen molar-refractivity contribution < 1.29 is 5.11 Å². The number of aliphatic hydroxyl groups is 1. The van der Waals surface area contributed by atoms with E-state index >= 15 is 0 Å². The van der Waals surface area contributed by atoms with Gasteiger partial charge < -0.3 is 10.8 Å². The summed E-state index contributed by atoms with van der Waals surface area (Å²) >= 11 is 0. The highest BCUT2D eigenvalue weighted by Gasteiger charge is 2.15. The molecule has 3 N–H and O–H groups in total. The quantitative estimate of drug-likeness (QED) is 0.842. The maximum Gasteiger partial charge on any atom is 0.0734 e. The number of hydrogen-bond donors (Lipinski definition) is 2. The fourth-order valence-corrected chi connectivity index (χ4v) is 2.03. The molecule has 0 aromatic heterocycles. The Balaban J connectivity index is 1.91. The van der Waals surface area contributed by atoms with Crippen LogP contribution in [0.15, 0.2) is 60.7 Å². The molecule has 0 aliphatic carbocycles. The van der Waals surface area contributed by atoms with Gasteiger partial charge in [-0.3, -0.25) is 0 Å². The van der Waals surface area contributed by atoms with Gasteiger partial charge in [-0.25, -0.2) is 0 Å². The van der Waals surface area contributed by atoms with E-state index < -0.39 is 6.10 Å². The molecule has 2 aromatic rings. The van der Waals surface area contributed by atoms with Crippen LogP contribution in [0.2, 0.25) is 0 Å². The van der Waals surface area contributed by atoms with Gasteiger partial charge in [-0.2, -0.15) is 0 Å². The van der Waals surface area contributed by atoms with Crippen molar-refractivity contribution in [3.63, 3.8) is 0 Å². The molecule has 0 heterocycles. The van der Waals surface area contributed by atoms with Gasteiger partial charge in [-0.15, -0.1) is 0 Å². The summed E-state index contributed by atoms with van der Waals surface area (Å²) in [4.78, 5) is 0. The van der Waals surface area contributed by atoms with Gasteiger partial charge in [0.15, 0.2) is 0 Å². The highest BCUT2D eigenvalue weighted by molar-refractivity contribution is 5.18. The molecule has 0 saturated heterocycles. The molecule has 18 heavy (non-hydrogen) atoms. The van der Waals surface area contributed by atoms with Crippen LogP contribution in [-0.4, -0.2) is 17.3 Å². The molecule has 0 radical (unpaired) electrons. The first kappa shape index (κ1) is 12.8. The van der Waals surface area contributed by atoms with Crippen LogP contribution in [-0.2, 0) is 12.8 Å². The van der Waals surface area contributed by atoms with Gasteiger partial charge in [0.1, 0.15) is 0 Å². The molecule has 0 saturated carbocycles. The fourth-order valence-electron chi connectivity index (χ4n) is 2.03. The van der Waals surface area contributed by atoms with Crippen molar-refractivity contribution in [2.75, 3.05) is 0 Å². The second-order valence-electron chi connectivity index (χ2n) is 4.61. The van der Waals surface area contributed by atoms with E-state index in [2.05, 4.69) is 0 Å². The van der Waals surface area contributed by atoms with Gasteiger partial charge in [0.05, 0.1) is 6.10 Å². The lowest BCUT2D eigenvalue weighted by atomic mass is 9.97. The van der Waals surface area contributed by atoms with Gasteiger partial charge >= 0.3 is 0 Å². The third-order valence-electron chi connectivity index (χ3n) is 3.10. The lowest BCUT2D eigenvalue weighted by molar-refractivity contribution is 0.144. The van der Waals surface area contributed by atoms with Crippen LogP contribution in [0.25, 0.3) is 0 Å². The third-order valence-corrected chi connectivity index (χ3v) is 3.10. The number of rotatable bonds is 5. The van der Waals surface area contributed by atoms with E-state index in [4.69, 9.17) is 5.73 Å². The van der Waals surface area contributed by atoms with Crippen molar-refractivity contribution in [2.45, 2.75) is 25.0 Å². The van der Waals surface area contributed by atoms with Gasteiger partial charge in [0, 0.05) is 6.04 Å². The standard InChI is InChI=1S/C16H19NO/c17-15(11-13-7-3-1-4-8-13)16(18)12-14-9-5-2-6-10-14/h1-10,15-16,18H,11-12,17H2/t15-,16+/m0/s1. The molecule has 0 unspecified atom stereocenters. The summed E-state index contributed by atoms with van der Waals surface area (Å²) in [5.41, 5.74) is 8.33. The number of nitrogens with two attached hydrogens (primary N) is 1. The highest BCUT2D eigenvalue weighted by Crippen LogP contribution is 2.09. The largest absolute Gasteiger partial charge is 0.391 e. The topological polar surface area (TPSA) is 46.2 Å². The van der Waals surface area contributed by atoms with Gasteiger partial charge in [0.2, 0.25) is 0 Å². The van der Waals surface area contributed by atoms with Crippen LogP contribution in [0.5, 0.6) is 0 Å². The van der Waals surface area contributed by atoms with Crippen molar-refractivity contribution in [3.05, 3.63) is 71.8 Å². The van der Waals surface area contributed by atoms with E-state index in [0.29, 0.717) is 12.8 Å². The minimum atomic E-state index is -0.507. The van der Waals surface area contributed by atoms with Crippen LogP contribution in [0, 0.1) is 0 Å². The average molecular weight is 241 g/mol. The van der Waals surface area contributed by atoms with E-state index in [-0.39, 0.29) is 6.04 Å². The SMILES string of the molecule is N[C@@H](Cc1ccccc1)[C@H](O)Cc1ccccc1. The van der Waals surface area contributed by atoms with Crippen molar-refractivity contribution in [2.24, 2.45) is 5.73 Å². The summed E-state index contributed by atoms with van der Waals surface area (Å²) in [7, 11) is 0. The van der Waals surface area contributed by atoms with Crippen LogP contribution in [0.1, 0.15) is 11.1 Å². The molecule has 2 nitrogen and oxygen atoms in total. The summed E-state index contributed by atoms with van der Waals surface area (Å²) < 4.78 is 0.